The van der Waals surface area contributed by atoms with E-state index in [4.69, 9.17) is 16.3 Å². The maximum absolute atomic E-state index is 12.7. The molecule has 0 saturated heterocycles. The van der Waals surface area contributed by atoms with E-state index < -0.39 is 15.9 Å². The topological polar surface area (TPSA) is 114 Å². The monoisotopic (exact) mass is 453 g/mol. The molecule has 0 aliphatic heterocycles. The lowest BCUT2D eigenvalue weighted by atomic mass is 10.2. The molecule has 0 unspecified atom stereocenters. The van der Waals surface area contributed by atoms with Gasteiger partial charge in [0.15, 0.2) is 0 Å². The Morgan fingerprint density at radius 3 is 2.37 bits per heavy atom. The van der Waals surface area contributed by atoms with E-state index in [2.05, 4.69) is 15.4 Å². The van der Waals surface area contributed by atoms with Gasteiger partial charge in [0.25, 0.3) is 15.9 Å². The van der Waals surface area contributed by atoms with E-state index in [-0.39, 0.29) is 27.9 Å². The molecule has 2 aromatic rings. The smallest absolute Gasteiger partial charge is 0.261 e. The molecule has 0 radical (unpaired) electrons. The standard InChI is InChI=1S/C20H24ClN3O5S/c1-3-11-22-19(25)13-23-20(26)17-12-16(9-10-18(17)21)30(27,28)24-14-5-7-15(8-6-14)29-4-2/h5-10,12,24H,3-4,11,13H2,1-2H3,(H,22,25)(H,23,26). The molecule has 0 aliphatic rings. The Morgan fingerprint density at radius 2 is 1.73 bits per heavy atom. The molecule has 0 heterocycles. The predicted octanol–water partition coefficient (Wildman–Crippen LogP) is 2.80. The van der Waals surface area contributed by atoms with Gasteiger partial charge < -0.3 is 15.4 Å². The number of hydrogen-bond acceptors (Lipinski definition) is 5. The number of carbonyl (C=O) groups excluding carboxylic acids is 2. The highest BCUT2D eigenvalue weighted by atomic mass is 35.5. The number of halogens is 1. The van der Waals surface area contributed by atoms with Gasteiger partial charge in [-0.15, -0.1) is 0 Å². The van der Waals surface area contributed by atoms with Crippen molar-refractivity contribution in [3.05, 3.63) is 53.1 Å². The van der Waals surface area contributed by atoms with E-state index in [0.29, 0.717) is 24.6 Å². The normalized spacial score (nSPS) is 10.9. The van der Waals surface area contributed by atoms with Crippen LogP contribution in [0.15, 0.2) is 47.4 Å². The van der Waals surface area contributed by atoms with Crippen LogP contribution < -0.4 is 20.1 Å². The molecular weight excluding hydrogens is 430 g/mol. The van der Waals surface area contributed by atoms with Crippen LogP contribution in [0.5, 0.6) is 5.75 Å². The van der Waals surface area contributed by atoms with E-state index in [1.165, 1.54) is 18.2 Å². The number of rotatable bonds is 10. The first-order valence-corrected chi connectivity index (χ1v) is 11.2. The number of sulfonamides is 1. The molecule has 0 aliphatic carbocycles. The van der Waals surface area contributed by atoms with Crippen molar-refractivity contribution < 1.29 is 22.7 Å². The highest BCUT2D eigenvalue weighted by molar-refractivity contribution is 7.92. The summed E-state index contributed by atoms with van der Waals surface area (Å²) in [7, 11) is -3.96. The van der Waals surface area contributed by atoms with Crippen molar-refractivity contribution >= 4 is 39.1 Å². The Bertz CT molecular complexity index is 994. The molecule has 0 atom stereocenters. The number of nitrogens with one attached hydrogen (secondary N) is 3. The fourth-order valence-corrected chi connectivity index (χ4v) is 3.72. The summed E-state index contributed by atoms with van der Waals surface area (Å²) in [5.74, 6) is -0.374. The van der Waals surface area contributed by atoms with Crippen LogP contribution in [0.25, 0.3) is 0 Å². The second-order valence-corrected chi connectivity index (χ2v) is 8.33. The SMILES string of the molecule is CCCNC(=O)CNC(=O)c1cc(S(=O)(=O)Nc2ccc(OCC)cc2)ccc1Cl. The Hall–Kier alpha value is -2.78. The van der Waals surface area contributed by atoms with Gasteiger partial charge in [-0.25, -0.2) is 8.42 Å². The van der Waals surface area contributed by atoms with Crippen LogP contribution in [0.3, 0.4) is 0 Å². The van der Waals surface area contributed by atoms with E-state index >= 15 is 0 Å². The number of benzene rings is 2. The molecule has 0 spiro atoms. The molecular formula is C20H24ClN3O5S. The van der Waals surface area contributed by atoms with Gasteiger partial charge in [0.2, 0.25) is 5.91 Å². The minimum Gasteiger partial charge on any atom is -0.494 e. The Balaban J connectivity index is 2.13. The maximum atomic E-state index is 12.7. The first kappa shape index (κ1) is 23.5. The van der Waals surface area contributed by atoms with Crippen molar-refractivity contribution in [1.29, 1.82) is 0 Å². The van der Waals surface area contributed by atoms with E-state index in [9.17, 15) is 18.0 Å². The zero-order chi connectivity index (χ0) is 22.1. The van der Waals surface area contributed by atoms with Gasteiger partial charge >= 0.3 is 0 Å². The van der Waals surface area contributed by atoms with Crippen molar-refractivity contribution in [3.8, 4) is 5.75 Å². The van der Waals surface area contributed by atoms with Crippen molar-refractivity contribution in [2.45, 2.75) is 25.2 Å². The Kier molecular flexibility index (Phi) is 8.49. The molecule has 2 rings (SSSR count). The zero-order valence-electron chi connectivity index (χ0n) is 16.7. The van der Waals surface area contributed by atoms with Crippen molar-refractivity contribution in [2.24, 2.45) is 0 Å². The van der Waals surface area contributed by atoms with Crippen molar-refractivity contribution in [1.82, 2.24) is 10.6 Å². The summed E-state index contributed by atoms with van der Waals surface area (Å²) in [6.07, 6.45) is 0.771. The molecule has 8 nitrogen and oxygen atoms in total. The predicted molar refractivity (Wildman–Crippen MR) is 116 cm³/mol. The number of amides is 2. The second kappa shape index (κ2) is 10.8. The summed E-state index contributed by atoms with van der Waals surface area (Å²) in [5.41, 5.74) is 0.293. The molecule has 3 N–H and O–H groups in total. The van der Waals surface area contributed by atoms with E-state index in [1.54, 1.807) is 24.3 Å². The Morgan fingerprint density at radius 1 is 1.03 bits per heavy atom. The van der Waals surface area contributed by atoms with Gasteiger partial charge in [0.05, 0.1) is 28.6 Å². The molecule has 0 aromatic heterocycles. The van der Waals surface area contributed by atoms with Gasteiger partial charge in [0.1, 0.15) is 5.75 Å². The highest BCUT2D eigenvalue weighted by Crippen LogP contribution is 2.23. The highest BCUT2D eigenvalue weighted by Gasteiger charge is 2.19. The first-order valence-electron chi connectivity index (χ1n) is 9.37. The summed E-state index contributed by atoms with van der Waals surface area (Å²) < 4.78 is 33.2. The lowest BCUT2D eigenvalue weighted by Crippen LogP contribution is -2.37. The van der Waals surface area contributed by atoms with Crippen LogP contribution in [0.1, 0.15) is 30.6 Å². The quantitative estimate of drug-likeness (QED) is 0.512. The van der Waals surface area contributed by atoms with Gasteiger partial charge in [-0.05, 0) is 55.8 Å². The molecule has 30 heavy (non-hydrogen) atoms. The molecule has 2 aromatic carbocycles. The van der Waals surface area contributed by atoms with Gasteiger partial charge in [-0.3, -0.25) is 14.3 Å². The summed E-state index contributed by atoms with van der Waals surface area (Å²) in [5, 5.41) is 5.13. The molecule has 0 bridgehead atoms. The molecule has 2 amide bonds. The lowest BCUT2D eigenvalue weighted by Gasteiger charge is -2.12. The summed E-state index contributed by atoms with van der Waals surface area (Å²) in [6, 6.07) is 10.2. The van der Waals surface area contributed by atoms with Crippen LogP contribution in [0, 0.1) is 0 Å². The summed E-state index contributed by atoms with van der Waals surface area (Å²) in [6.45, 7) is 4.52. The van der Waals surface area contributed by atoms with Crippen LogP contribution >= 0.6 is 11.6 Å². The number of ether oxygens (including phenoxy) is 1. The van der Waals surface area contributed by atoms with Crippen LogP contribution in [0.2, 0.25) is 5.02 Å². The van der Waals surface area contributed by atoms with Gasteiger partial charge in [0, 0.05) is 12.2 Å². The summed E-state index contributed by atoms with van der Waals surface area (Å²) in [4.78, 5) is 23.9. The van der Waals surface area contributed by atoms with Gasteiger partial charge in [-0.1, -0.05) is 18.5 Å². The van der Waals surface area contributed by atoms with Crippen LogP contribution in [-0.4, -0.2) is 39.9 Å². The number of hydrogen-bond donors (Lipinski definition) is 3. The Labute approximate surface area is 181 Å². The number of carbonyl (C=O) groups is 2. The third-order valence-corrected chi connectivity index (χ3v) is 5.60. The zero-order valence-corrected chi connectivity index (χ0v) is 18.3. The fourth-order valence-electron chi connectivity index (χ4n) is 2.43. The van der Waals surface area contributed by atoms with E-state index in [1.807, 2.05) is 13.8 Å². The van der Waals surface area contributed by atoms with Gasteiger partial charge in [-0.2, -0.15) is 0 Å². The van der Waals surface area contributed by atoms with Crippen LogP contribution in [-0.2, 0) is 14.8 Å². The third-order valence-electron chi connectivity index (χ3n) is 3.89. The number of anilines is 1. The molecule has 0 fully saturated rings. The first-order chi connectivity index (χ1) is 14.3. The van der Waals surface area contributed by atoms with E-state index in [0.717, 1.165) is 6.42 Å². The minimum atomic E-state index is -3.96. The second-order valence-electron chi connectivity index (χ2n) is 6.24. The van der Waals surface area contributed by atoms with Crippen molar-refractivity contribution in [2.75, 3.05) is 24.4 Å². The molecule has 0 saturated carbocycles. The summed E-state index contributed by atoms with van der Waals surface area (Å²) >= 11 is 6.06. The lowest BCUT2D eigenvalue weighted by molar-refractivity contribution is -0.120. The minimum absolute atomic E-state index is 0.0467. The molecule has 10 heteroatoms. The third kappa shape index (κ3) is 6.64. The fraction of sp³-hybridized carbons (Fsp3) is 0.300. The van der Waals surface area contributed by atoms with Crippen molar-refractivity contribution in [3.63, 3.8) is 0 Å². The maximum Gasteiger partial charge on any atom is 0.261 e. The average Bonchev–Trinajstić information content (AvgIpc) is 2.72. The molecule has 162 valence electrons. The largest absolute Gasteiger partial charge is 0.494 e. The average molecular weight is 454 g/mol. The van der Waals surface area contributed by atoms with Crippen LogP contribution in [0.4, 0.5) is 5.69 Å².